The van der Waals surface area contributed by atoms with Crippen LogP contribution in [0.3, 0.4) is 0 Å². The third-order valence-electron chi connectivity index (χ3n) is 4.24. The van der Waals surface area contributed by atoms with Crippen molar-refractivity contribution >= 4 is 17.3 Å². The number of anilines is 2. The summed E-state index contributed by atoms with van der Waals surface area (Å²) in [5.41, 5.74) is 4.96. The molecule has 0 unspecified atom stereocenters. The number of hydrogen-bond acceptors (Lipinski definition) is 3. The van der Waals surface area contributed by atoms with Crippen LogP contribution in [0.1, 0.15) is 16.7 Å². The number of rotatable bonds is 6. The second-order valence-electron chi connectivity index (χ2n) is 6.59. The van der Waals surface area contributed by atoms with Crippen molar-refractivity contribution in [3.8, 4) is 11.5 Å². The van der Waals surface area contributed by atoms with Gasteiger partial charge in [0.25, 0.3) is 0 Å². The van der Waals surface area contributed by atoms with Crippen LogP contribution in [0.5, 0.6) is 11.5 Å². The predicted molar refractivity (Wildman–Crippen MR) is 111 cm³/mol. The van der Waals surface area contributed by atoms with Gasteiger partial charge in [-0.05, 0) is 56.2 Å². The van der Waals surface area contributed by atoms with E-state index >= 15 is 0 Å². The van der Waals surface area contributed by atoms with E-state index in [9.17, 15) is 4.79 Å². The number of nitrogens with one attached hydrogen (secondary N) is 2. The normalized spacial score (nSPS) is 10.3. The first-order valence-electron chi connectivity index (χ1n) is 8.96. The van der Waals surface area contributed by atoms with Gasteiger partial charge in [-0.15, -0.1) is 0 Å². The van der Waals surface area contributed by atoms with Gasteiger partial charge in [0.15, 0.2) is 5.75 Å². The monoisotopic (exact) mass is 360 g/mol. The Morgan fingerprint density at radius 1 is 0.889 bits per heavy atom. The number of carbonyl (C=O) groups excluding carboxylic acids is 1. The van der Waals surface area contributed by atoms with Crippen molar-refractivity contribution < 1.29 is 9.53 Å². The minimum Gasteiger partial charge on any atom is -0.455 e. The summed E-state index contributed by atoms with van der Waals surface area (Å²) in [6.07, 6.45) is 0. The van der Waals surface area contributed by atoms with E-state index in [1.807, 2.05) is 68.4 Å². The minimum absolute atomic E-state index is 0.0976. The standard InChI is InChI=1S/C23H24N2O2/c1-16-13-17(2)23(18(3)14-16)25-22(26)15-24-20-11-7-8-12-21(20)27-19-9-5-4-6-10-19/h4-14,24H,15H2,1-3H3,(H,25,26). The molecular formula is C23H24N2O2. The molecule has 0 aliphatic carbocycles. The molecule has 0 atom stereocenters. The summed E-state index contributed by atoms with van der Waals surface area (Å²) in [5.74, 6) is 1.33. The van der Waals surface area contributed by atoms with Crippen LogP contribution in [0.25, 0.3) is 0 Å². The molecule has 2 N–H and O–H groups in total. The molecule has 3 aromatic rings. The molecule has 4 nitrogen and oxygen atoms in total. The lowest BCUT2D eigenvalue weighted by Gasteiger charge is -2.15. The van der Waals surface area contributed by atoms with Crippen molar-refractivity contribution in [1.82, 2.24) is 0 Å². The molecule has 0 saturated carbocycles. The number of aryl methyl sites for hydroxylation is 3. The Balaban J connectivity index is 1.66. The number of carbonyl (C=O) groups is 1. The topological polar surface area (TPSA) is 50.4 Å². The van der Waals surface area contributed by atoms with Crippen LogP contribution in [0, 0.1) is 20.8 Å². The molecule has 0 fully saturated rings. The van der Waals surface area contributed by atoms with Gasteiger partial charge in [0.05, 0.1) is 12.2 Å². The Kier molecular flexibility index (Phi) is 5.77. The molecule has 27 heavy (non-hydrogen) atoms. The van der Waals surface area contributed by atoms with Gasteiger partial charge < -0.3 is 15.4 Å². The number of benzene rings is 3. The van der Waals surface area contributed by atoms with Crippen LogP contribution in [-0.2, 0) is 4.79 Å². The van der Waals surface area contributed by atoms with Crippen LogP contribution < -0.4 is 15.4 Å². The highest BCUT2D eigenvalue weighted by atomic mass is 16.5. The van der Waals surface area contributed by atoms with Gasteiger partial charge in [-0.1, -0.05) is 48.0 Å². The first kappa shape index (κ1) is 18.5. The van der Waals surface area contributed by atoms with E-state index in [0.29, 0.717) is 5.75 Å². The second kappa shape index (κ2) is 8.41. The van der Waals surface area contributed by atoms with Crippen LogP contribution in [0.15, 0.2) is 66.7 Å². The van der Waals surface area contributed by atoms with Gasteiger partial charge in [0.1, 0.15) is 5.75 Å². The summed E-state index contributed by atoms with van der Waals surface area (Å²) in [4.78, 5) is 12.4. The molecule has 0 radical (unpaired) electrons. The zero-order valence-electron chi connectivity index (χ0n) is 15.9. The average molecular weight is 360 g/mol. The van der Waals surface area contributed by atoms with Crippen LogP contribution in [-0.4, -0.2) is 12.5 Å². The van der Waals surface area contributed by atoms with E-state index < -0.39 is 0 Å². The van der Waals surface area contributed by atoms with Crippen molar-refractivity contribution in [2.75, 3.05) is 17.2 Å². The van der Waals surface area contributed by atoms with Crippen molar-refractivity contribution in [3.05, 3.63) is 83.4 Å². The van der Waals surface area contributed by atoms with Gasteiger partial charge in [-0.3, -0.25) is 4.79 Å². The summed E-state index contributed by atoms with van der Waals surface area (Å²) in [7, 11) is 0. The zero-order chi connectivity index (χ0) is 19.2. The van der Waals surface area contributed by atoms with Gasteiger partial charge >= 0.3 is 0 Å². The fraction of sp³-hybridized carbons (Fsp3) is 0.174. The summed E-state index contributed by atoms with van der Waals surface area (Å²) in [6, 6.07) is 21.3. The molecule has 4 heteroatoms. The zero-order valence-corrected chi connectivity index (χ0v) is 15.9. The van der Waals surface area contributed by atoms with E-state index in [1.54, 1.807) is 0 Å². The summed E-state index contributed by atoms with van der Waals surface area (Å²) in [5, 5.41) is 6.17. The Labute approximate surface area is 160 Å². The lowest BCUT2D eigenvalue weighted by atomic mass is 10.1. The molecule has 3 aromatic carbocycles. The number of para-hydroxylation sites is 3. The Morgan fingerprint density at radius 3 is 2.22 bits per heavy atom. The van der Waals surface area contributed by atoms with Crippen LogP contribution >= 0.6 is 0 Å². The molecule has 0 aromatic heterocycles. The third kappa shape index (κ3) is 4.88. The molecule has 0 aliphatic rings. The van der Waals surface area contributed by atoms with Crippen molar-refractivity contribution in [1.29, 1.82) is 0 Å². The molecule has 138 valence electrons. The first-order chi connectivity index (χ1) is 13.0. The maximum Gasteiger partial charge on any atom is 0.243 e. The smallest absolute Gasteiger partial charge is 0.243 e. The van der Waals surface area contributed by atoms with Crippen molar-refractivity contribution in [2.45, 2.75) is 20.8 Å². The molecule has 3 rings (SSSR count). The van der Waals surface area contributed by atoms with E-state index in [4.69, 9.17) is 4.74 Å². The van der Waals surface area contributed by atoms with Crippen LogP contribution in [0.2, 0.25) is 0 Å². The highest BCUT2D eigenvalue weighted by molar-refractivity contribution is 5.95. The average Bonchev–Trinajstić information content (AvgIpc) is 2.65. The van der Waals surface area contributed by atoms with Gasteiger partial charge in [-0.2, -0.15) is 0 Å². The third-order valence-corrected chi connectivity index (χ3v) is 4.24. The van der Waals surface area contributed by atoms with E-state index in [1.165, 1.54) is 5.56 Å². The Hall–Kier alpha value is -3.27. The molecule has 0 spiro atoms. The van der Waals surface area contributed by atoms with Gasteiger partial charge in [0, 0.05) is 5.69 Å². The molecule has 0 heterocycles. The van der Waals surface area contributed by atoms with Crippen molar-refractivity contribution in [2.24, 2.45) is 0 Å². The molecule has 1 amide bonds. The molecular weight excluding hydrogens is 336 g/mol. The predicted octanol–water partition coefficient (Wildman–Crippen LogP) is 5.45. The fourth-order valence-electron chi connectivity index (χ4n) is 3.05. The van der Waals surface area contributed by atoms with Crippen LogP contribution in [0.4, 0.5) is 11.4 Å². The number of hydrogen-bond donors (Lipinski definition) is 2. The minimum atomic E-state index is -0.0976. The highest BCUT2D eigenvalue weighted by Crippen LogP contribution is 2.29. The Bertz CT molecular complexity index is 913. The molecule has 0 bridgehead atoms. The lowest BCUT2D eigenvalue weighted by Crippen LogP contribution is -2.22. The van der Waals surface area contributed by atoms with E-state index in [0.717, 1.165) is 28.3 Å². The lowest BCUT2D eigenvalue weighted by molar-refractivity contribution is -0.114. The summed E-state index contributed by atoms with van der Waals surface area (Å²) < 4.78 is 5.92. The van der Waals surface area contributed by atoms with E-state index in [-0.39, 0.29) is 12.5 Å². The summed E-state index contributed by atoms with van der Waals surface area (Å²) >= 11 is 0. The largest absolute Gasteiger partial charge is 0.455 e. The highest BCUT2D eigenvalue weighted by Gasteiger charge is 2.10. The van der Waals surface area contributed by atoms with Gasteiger partial charge in [0.2, 0.25) is 5.91 Å². The SMILES string of the molecule is Cc1cc(C)c(NC(=O)CNc2ccccc2Oc2ccccc2)c(C)c1. The fourth-order valence-corrected chi connectivity index (χ4v) is 3.05. The van der Waals surface area contributed by atoms with E-state index in [2.05, 4.69) is 29.7 Å². The molecule has 0 saturated heterocycles. The Morgan fingerprint density at radius 2 is 1.52 bits per heavy atom. The maximum absolute atomic E-state index is 12.4. The number of ether oxygens (including phenoxy) is 1. The maximum atomic E-state index is 12.4. The second-order valence-corrected chi connectivity index (χ2v) is 6.59. The first-order valence-corrected chi connectivity index (χ1v) is 8.96. The quantitative estimate of drug-likeness (QED) is 0.614. The van der Waals surface area contributed by atoms with Gasteiger partial charge in [-0.25, -0.2) is 0 Å². The summed E-state index contributed by atoms with van der Waals surface area (Å²) in [6.45, 7) is 6.22. The molecule has 0 aliphatic heterocycles. The number of amides is 1. The van der Waals surface area contributed by atoms with Crippen molar-refractivity contribution in [3.63, 3.8) is 0 Å².